The SMILES string of the molecule is CC(C)c1ccc2oc(-c3ccc(Cl)c(NC(=O)c4ccc(-c5cccc([N+](=O)[O-])c5)o4)c3)nc2c1. The van der Waals surface area contributed by atoms with Gasteiger partial charge in [-0.2, -0.15) is 0 Å². The zero-order chi connectivity index (χ0) is 25.4. The van der Waals surface area contributed by atoms with Crippen LogP contribution in [0.4, 0.5) is 11.4 Å². The lowest BCUT2D eigenvalue weighted by molar-refractivity contribution is -0.384. The number of benzene rings is 3. The van der Waals surface area contributed by atoms with Crippen LogP contribution in [0, 0.1) is 10.1 Å². The van der Waals surface area contributed by atoms with Gasteiger partial charge < -0.3 is 14.2 Å². The lowest BCUT2D eigenvalue weighted by Crippen LogP contribution is -2.11. The smallest absolute Gasteiger partial charge is 0.291 e. The minimum Gasteiger partial charge on any atom is -0.451 e. The molecule has 180 valence electrons. The fourth-order valence-corrected chi connectivity index (χ4v) is 3.92. The number of halogens is 1. The van der Waals surface area contributed by atoms with Crippen LogP contribution >= 0.6 is 11.6 Å². The van der Waals surface area contributed by atoms with Crippen LogP contribution in [0.15, 0.2) is 81.6 Å². The molecule has 8 nitrogen and oxygen atoms in total. The van der Waals surface area contributed by atoms with Gasteiger partial charge in [-0.05, 0) is 53.9 Å². The minimum atomic E-state index is -0.523. The fraction of sp³-hybridized carbons (Fsp3) is 0.111. The van der Waals surface area contributed by atoms with Gasteiger partial charge in [-0.1, -0.05) is 43.6 Å². The van der Waals surface area contributed by atoms with Crippen LogP contribution in [0.1, 0.15) is 35.9 Å². The van der Waals surface area contributed by atoms with E-state index in [1.807, 2.05) is 18.2 Å². The Labute approximate surface area is 210 Å². The number of hydrogen-bond acceptors (Lipinski definition) is 6. The number of oxazole rings is 1. The molecule has 0 saturated carbocycles. The zero-order valence-electron chi connectivity index (χ0n) is 19.3. The van der Waals surface area contributed by atoms with E-state index in [1.54, 1.807) is 36.4 Å². The van der Waals surface area contributed by atoms with E-state index < -0.39 is 10.8 Å². The highest BCUT2D eigenvalue weighted by molar-refractivity contribution is 6.34. The number of carbonyl (C=O) groups is 1. The Kier molecular flexibility index (Phi) is 6.03. The minimum absolute atomic E-state index is 0.0288. The lowest BCUT2D eigenvalue weighted by atomic mass is 10.0. The van der Waals surface area contributed by atoms with Crippen LogP contribution in [0.25, 0.3) is 33.9 Å². The summed E-state index contributed by atoms with van der Waals surface area (Å²) < 4.78 is 11.6. The number of nitrogens with zero attached hydrogens (tertiary/aromatic N) is 2. The third-order valence-electron chi connectivity index (χ3n) is 5.71. The molecule has 1 amide bonds. The van der Waals surface area contributed by atoms with Gasteiger partial charge in [0, 0.05) is 23.3 Å². The first kappa shape index (κ1) is 23.3. The van der Waals surface area contributed by atoms with Crippen molar-refractivity contribution in [3.8, 4) is 22.8 Å². The normalized spacial score (nSPS) is 11.2. The Balaban J connectivity index is 1.39. The first-order chi connectivity index (χ1) is 17.3. The fourth-order valence-electron chi connectivity index (χ4n) is 3.75. The van der Waals surface area contributed by atoms with Gasteiger partial charge in [0.15, 0.2) is 11.3 Å². The van der Waals surface area contributed by atoms with Crippen LogP contribution in [-0.2, 0) is 0 Å². The average molecular weight is 502 g/mol. The summed E-state index contributed by atoms with van der Waals surface area (Å²) in [5.74, 6) is 0.608. The molecule has 1 N–H and O–H groups in total. The number of non-ortho nitro benzene ring substituents is 1. The Bertz CT molecular complexity index is 1620. The summed E-state index contributed by atoms with van der Waals surface area (Å²) in [6.07, 6.45) is 0. The predicted molar refractivity (Wildman–Crippen MR) is 137 cm³/mol. The first-order valence-corrected chi connectivity index (χ1v) is 11.5. The van der Waals surface area contributed by atoms with Crippen molar-refractivity contribution in [2.24, 2.45) is 0 Å². The molecule has 0 spiro atoms. The zero-order valence-corrected chi connectivity index (χ0v) is 20.1. The molecule has 0 saturated heterocycles. The molecule has 0 atom stereocenters. The standard InChI is InChI=1S/C27H20ClN3O5/c1-15(2)16-7-9-24-22(13-16)30-27(36-24)18-6-8-20(28)21(14-18)29-26(32)25-11-10-23(35-25)17-4-3-5-19(12-17)31(33)34/h3-15H,1-2H3,(H,29,32). The van der Waals surface area contributed by atoms with Gasteiger partial charge in [0.1, 0.15) is 11.3 Å². The summed E-state index contributed by atoms with van der Waals surface area (Å²) >= 11 is 6.34. The Hall–Kier alpha value is -4.43. The summed E-state index contributed by atoms with van der Waals surface area (Å²) in [5, 5.41) is 14.1. The maximum Gasteiger partial charge on any atom is 0.291 e. The van der Waals surface area contributed by atoms with E-state index in [0.717, 1.165) is 11.1 Å². The number of nitro benzene ring substituents is 1. The molecule has 0 aliphatic rings. The van der Waals surface area contributed by atoms with E-state index in [-0.39, 0.29) is 11.4 Å². The van der Waals surface area contributed by atoms with Gasteiger partial charge in [0.05, 0.1) is 15.6 Å². The summed E-state index contributed by atoms with van der Waals surface area (Å²) in [6.45, 7) is 4.23. The summed E-state index contributed by atoms with van der Waals surface area (Å²) in [7, 11) is 0. The van der Waals surface area contributed by atoms with Crippen molar-refractivity contribution in [1.29, 1.82) is 0 Å². The molecule has 0 bridgehead atoms. The maximum atomic E-state index is 12.9. The molecule has 9 heteroatoms. The number of furan rings is 1. The molecule has 0 aliphatic carbocycles. The molecular weight excluding hydrogens is 482 g/mol. The number of nitro groups is 1. The van der Waals surface area contributed by atoms with Crippen molar-refractivity contribution >= 4 is 40.0 Å². The van der Waals surface area contributed by atoms with Crippen LogP contribution < -0.4 is 5.32 Å². The van der Waals surface area contributed by atoms with Gasteiger partial charge in [-0.25, -0.2) is 4.98 Å². The molecule has 2 aromatic heterocycles. The largest absolute Gasteiger partial charge is 0.451 e. The van der Waals surface area contributed by atoms with Gasteiger partial charge in [0.25, 0.3) is 11.6 Å². The van der Waals surface area contributed by atoms with E-state index in [1.165, 1.54) is 18.2 Å². The molecule has 5 aromatic rings. The van der Waals surface area contributed by atoms with Crippen molar-refractivity contribution in [2.75, 3.05) is 5.32 Å². The summed E-state index contributed by atoms with van der Waals surface area (Å²) in [6, 6.07) is 20.1. The van der Waals surface area contributed by atoms with E-state index in [9.17, 15) is 14.9 Å². The van der Waals surface area contributed by atoms with Crippen LogP contribution in [0.2, 0.25) is 5.02 Å². The Morgan fingerprint density at radius 2 is 1.83 bits per heavy atom. The monoisotopic (exact) mass is 501 g/mol. The highest BCUT2D eigenvalue weighted by Crippen LogP contribution is 2.32. The van der Waals surface area contributed by atoms with Crippen molar-refractivity contribution < 1.29 is 18.6 Å². The lowest BCUT2D eigenvalue weighted by Gasteiger charge is -2.07. The Morgan fingerprint density at radius 1 is 1.00 bits per heavy atom. The van der Waals surface area contributed by atoms with E-state index in [2.05, 4.69) is 24.1 Å². The van der Waals surface area contributed by atoms with Crippen LogP contribution in [0.3, 0.4) is 0 Å². The topological polar surface area (TPSA) is 111 Å². The highest BCUT2D eigenvalue weighted by atomic mass is 35.5. The number of anilines is 1. The molecule has 2 heterocycles. The molecule has 0 radical (unpaired) electrons. The third kappa shape index (κ3) is 4.58. The van der Waals surface area contributed by atoms with Crippen molar-refractivity contribution in [3.63, 3.8) is 0 Å². The molecule has 5 rings (SSSR count). The quantitative estimate of drug-likeness (QED) is 0.188. The average Bonchev–Trinajstić information content (AvgIpc) is 3.52. The van der Waals surface area contributed by atoms with Crippen molar-refractivity contribution in [2.45, 2.75) is 19.8 Å². The molecule has 36 heavy (non-hydrogen) atoms. The van der Waals surface area contributed by atoms with Crippen LogP contribution in [-0.4, -0.2) is 15.8 Å². The molecular formula is C27H20ClN3O5. The van der Waals surface area contributed by atoms with E-state index in [4.69, 9.17) is 20.4 Å². The number of rotatable bonds is 6. The van der Waals surface area contributed by atoms with Gasteiger partial charge in [-0.3, -0.25) is 14.9 Å². The second-order valence-corrected chi connectivity index (χ2v) is 8.93. The number of nitrogens with one attached hydrogen (secondary N) is 1. The number of hydrogen-bond donors (Lipinski definition) is 1. The number of aromatic nitrogens is 1. The number of amides is 1. The van der Waals surface area contributed by atoms with Gasteiger partial charge in [0.2, 0.25) is 5.89 Å². The van der Waals surface area contributed by atoms with Crippen molar-refractivity contribution in [3.05, 3.63) is 99.3 Å². The van der Waals surface area contributed by atoms with Gasteiger partial charge >= 0.3 is 0 Å². The van der Waals surface area contributed by atoms with Crippen molar-refractivity contribution in [1.82, 2.24) is 4.98 Å². The third-order valence-corrected chi connectivity index (χ3v) is 6.04. The molecule has 0 fully saturated rings. The summed E-state index contributed by atoms with van der Waals surface area (Å²) in [5.41, 5.74) is 4.00. The maximum absolute atomic E-state index is 12.9. The van der Waals surface area contributed by atoms with Gasteiger partial charge in [-0.15, -0.1) is 0 Å². The first-order valence-electron chi connectivity index (χ1n) is 11.1. The summed E-state index contributed by atoms with van der Waals surface area (Å²) in [4.78, 5) is 28.0. The van der Waals surface area contributed by atoms with E-state index in [0.29, 0.717) is 45.0 Å². The molecule has 3 aromatic carbocycles. The van der Waals surface area contributed by atoms with Crippen LogP contribution in [0.5, 0.6) is 0 Å². The number of carbonyl (C=O) groups excluding carboxylic acids is 1. The predicted octanol–water partition coefficient (Wildman–Crippen LogP) is 7.69. The molecule has 0 unspecified atom stereocenters. The second-order valence-electron chi connectivity index (χ2n) is 8.52. The highest BCUT2D eigenvalue weighted by Gasteiger charge is 2.17. The number of fused-ring (bicyclic) bond motifs is 1. The van der Waals surface area contributed by atoms with E-state index >= 15 is 0 Å². The second kappa shape index (κ2) is 9.31. The molecule has 0 aliphatic heterocycles. The Morgan fingerprint density at radius 3 is 2.61 bits per heavy atom.